The van der Waals surface area contributed by atoms with Gasteiger partial charge in [0.15, 0.2) is 0 Å². The molecule has 2 rings (SSSR count). The van der Waals surface area contributed by atoms with Crippen molar-refractivity contribution in [2.24, 2.45) is 5.92 Å². The van der Waals surface area contributed by atoms with Crippen molar-refractivity contribution in [1.82, 2.24) is 0 Å². The summed E-state index contributed by atoms with van der Waals surface area (Å²) in [6.07, 6.45) is 6.72. The van der Waals surface area contributed by atoms with Gasteiger partial charge in [0.1, 0.15) is 5.82 Å². The minimum absolute atomic E-state index is 0.0111. The lowest BCUT2D eigenvalue weighted by Crippen LogP contribution is -2.23. The minimum Gasteiger partial charge on any atom is -0.325 e. The number of nitrogens with one attached hydrogen (secondary N) is 1. The van der Waals surface area contributed by atoms with Gasteiger partial charge in [0, 0.05) is 11.6 Å². The Hall–Kier alpha value is -1.64. The van der Waals surface area contributed by atoms with E-state index in [1.807, 2.05) is 13.0 Å². The second kappa shape index (κ2) is 5.13. The van der Waals surface area contributed by atoms with Crippen LogP contribution >= 0.6 is 0 Å². The molecule has 1 aliphatic rings. The standard InChI is InChI=1S/C14H16FNO/c1-10-7-8-12(15)9-13(10)16-14(17)11-5-3-2-4-6-11/h2-3,7-9,11H,4-6H2,1H3,(H,16,17)/t11-/m0/s1. The minimum atomic E-state index is -0.325. The van der Waals surface area contributed by atoms with Crippen LogP contribution in [0.15, 0.2) is 30.4 Å². The molecule has 1 aromatic carbocycles. The smallest absolute Gasteiger partial charge is 0.227 e. The number of benzene rings is 1. The van der Waals surface area contributed by atoms with Crippen molar-refractivity contribution in [3.63, 3.8) is 0 Å². The van der Waals surface area contributed by atoms with Crippen molar-refractivity contribution in [2.45, 2.75) is 26.2 Å². The number of hydrogen-bond donors (Lipinski definition) is 1. The molecule has 0 aromatic heterocycles. The number of aryl methyl sites for hydroxylation is 1. The first-order valence-corrected chi connectivity index (χ1v) is 5.89. The van der Waals surface area contributed by atoms with E-state index in [1.165, 1.54) is 12.1 Å². The molecule has 17 heavy (non-hydrogen) atoms. The highest BCUT2D eigenvalue weighted by molar-refractivity contribution is 5.93. The molecular weight excluding hydrogens is 217 g/mol. The van der Waals surface area contributed by atoms with E-state index in [4.69, 9.17) is 0 Å². The Morgan fingerprint density at radius 2 is 2.24 bits per heavy atom. The van der Waals surface area contributed by atoms with Crippen LogP contribution < -0.4 is 5.32 Å². The van der Waals surface area contributed by atoms with Gasteiger partial charge in [-0.15, -0.1) is 0 Å². The lowest BCUT2D eigenvalue weighted by Gasteiger charge is -2.18. The Labute approximate surface area is 101 Å². The Kier molecular flexibility index (Phi) is 3.57. The van der Waals surface area contributed by atoms with E-state index in [-0.39, 0.29) is 17.6 Å². The van der Waals surface area contributed by atoms with Crippen molar-refractivity contribution < 1.29 is 9.18 Å². The normalized spacial score (nSPS) is 19.1. The number of amides is 1. The SMILES string of the molecule is Cc1ccc(F)cc1NC(=O)[C@H]1CC=CCC1. The number of allylic oxidation sites excluding steroid dienone is 2. The summed E-state index contributed by atoms with van der Waals surface area (Å²) in [6, 6.07) is 4.44. The third kappa shape index (κ3) is 2.93. The molecule has 1 aliphatic carbocycles. The number of carbonyl (C=O) groups excluding carboxylic acids is 1. The fraction of sp³-hybridized carbons (Fsp3) is 0.357. The summed E-state index contributed by atoms with van der Waals surface area (Å²) < 4.78 is 13.1. The Bertz CT molecular complexity index is 454. The molecular formula is C14H16FNO. The average molecular weight is 233 g/mol. The molecule has 0 radical (unpaired) electrons. The molecule has 0 bridgehead atoms. The zero-order valence-corrected chi connectivity index (χ0v) is 9.87. The van der Waals surface area contributed by atoms with Crippen LogP contribution in [0, 0.1) is 18.7 Å². The molecule has 3 heteroatoms. The Morgan fingerprint density at radius 3 is 2.94 bits per heavy atom. The maximum absolute atomic E-state index is 13.1. The Morgan fingerprint density at radius 1 is 1.41 bits per heavy atom. The molecule has 0 spiro atoms. The van der Waals surface area contributed by atoms with E-state index in [0.29, 0.717) is 5.69 Å². The number of rotatable bonds is 2. The first kappa shape index (κ1) is 11.8. The van der Waals surface area contributed by atoms with E-state index >= 15 is 0 Å². The van der Waals surface area contributed by atoms with Crippen LogP contribution in [0.4, 0.5) is 10.1 Å². The highest BCUT2D eigenvalue weighted by Crippen LogP contribution is 2.22. The molecule has 2 nitrogen and oxygen atoms in total. The fourth-order valence-corrected chi connectivity index (χ4v) is 2.00. The highest BCUT2D eigenvalue weighted by atomic mass is 19.1. The molecule has 0 fully saturated rings. The predicted molar refractivity (Wildman–Crippen MR) is 66.2 cm³/mol. The first-order chi connectivity index (χ1) is 8.16. The summed E-state index contributed by atoms with van der Waals surface area (Å²) in [6.45, 7) is 1.86. The number of anilines is 1. The largest absolute Gasteiger partial charge is 0.325 e. The van der Waals surface area contributed by atoms with Gasteiger partial charge in [-0.1, -0.05) is 18.2 Å². The van der Waals surface area contributed by atoms with Crippen LogP contribution in [0.5, 0.6) is 0 Å². The second-order valence-corrected chi connectivity index (χ2v) is 4.43. The third-order valence-electron chi connectivity index (χ3n) is 3.10. The van der Waals surface area contributed by atoms with Gasteiger partial charge < -0.3 is 5.32 Å². The summed E-state index contributed by atoms with van der Waals surface area (Å²) in [4.78, 5) is 12.0. The van der Waals surface area contributed by atoms with Gasteiger partial charge in [-0.2, -0.15) is 0 Å². The van der Waals surface area contributed by atoms with Crippen LogP contribution in [-0.4, -0.2) is 5.91 Å². The van der Waals surface area contributed by atoms with Crippen LogP contribution in [-0.2, 0) is 4.79 Å². The van der Waals surface area contributed by atoms with Gasteiger partial charge in [0.05, 0.1) is 0 Å². The molecule has 1 N–H and O–H groups in total. The summed E-state index contributed by atoms with van der Waals surface area (Å²) in [7, 11) is 0. The summed E-state index contributed by atoms with van der Waals surface area (Å²) in [5.41, 5.74) is 1.45. The highest BCUT2D eigenvalue weighted by Gasteiger charge is 2.19. The van der Waals surface area contributed by atoms with Crippen molar-refractivity contribution in [3.8, 4) is 0 Å². The Balaban J connectivity index is 2.07. The van der Waals surface area contributed by atoms with Crippen molar-refractivity contribution in [3.05, 3.63) is 41.7 Å². The van der Waals surface area contributed by atoms with Gasteiger partial charge in [0.2, 0.25) is 5.91 Å². The molecule has 0 aliphatic heterocycles. The topological polar surface area (TPSA) is 29.1 Å². The molecule has 0 saturated carbocycles. The predicted octanol–water partition coefficient (Wildman–Crippen LogP) is 3.43. The molecule has 1 aromatic rings. The van der Waals surface area contributed by atoms with Crippen LogP contribution in [0.2, 0.25) is 0 Å². The quantitative estimate of drug-likeness (QED) is 0.779. The zero-order chi connectivity index (χ0) is 12.3. The van der Waals surface area contributed by atoms with Gasteiger partial charge in [0.25, 0.3) is 0 Å². The number of carbonyl (C=O) groups is 1. The summed E-state index contributed by atoms with van der Waals surface area (Å²) in [5, 5.41) is 2.81. The molecule has 0 unspecified atom stereocenters. The maximum Gasteiger partial charge on any atom is 0.227 e. The van der Waals surface area contributed by atoms with Gasteiger partial charge in [-0.05, 0) is 43.9 Å². The van der Waals surface area contributed by atoms with Gasteiger partial charge >= 0.3 is 0 Å². The van der Waals surface area contributed by atoms with Gasteiger partial charge in [-0.25, -0.2) is 4.39 Å². The lowest BCUT2D eigenvalue weighted by atomic mass is 9.93. The van der Waals surface area contributed by atoms with E-state index in [1.54, 1.807) is 6.07 Å². The molecule has 1 atom stereocenters. The van der Waals surface area contributed by atoms with Crippen LogP contribution in [0.25, 0.3) is 0 Å². The number of halogens is 1. The molecule has 0 heterocycles. The van der Waals surface area contributed by atoms with Gasteiger partial charge in [-0.3, -0.25) is 4.79 Å². The van der Waals surface area contributed by atoms with E-state index in [2.05, 4.69) is 11.4 Å². The first-order valence-electron chi connectivity index (χ1n) is 5.89. The molecule has 90 valence electrons. The van der Waals surface area contributed by atoms with E-state index in [0.717, 1.165) is 24.8 Å². The summed E-state index contributed by atoms with van der Waals surface area (Å²) >= 11 is 0. The maximum atomic E-state index is 13.1. The second-order valence-electron chi connectivity index (χ2n) is 4.43. The average Bonchev–Trinajstić information content (AvgIpc) is 2.35. The van der Waals surface area contributed by atoms with Crippen LogP contribution in [0.1, 0.15) is 24.8 Å². The molecule has 0 saturated heterocycles. The fourth-order valence-electron chi connectivity index (χ4n) is 2.00. The van der Waals surface area contributed by atoms with Crippen LogP contribution in [0.3, 0.4) is 0 Å². The van der Waals surface area contributed by atoms with Crippen molar-refractivity contribution >= 4 is 11.6 Å². The van der Waals surface area contributed by atoms with E-state index in [9.17, 15) is 9.18 Å². The zero-order valence-electron chi connectivity index (χ0n) is 9.87. The lowest BCUT2D eigenvalue weighted by molar-refractivity contribution is -0.120. The van der Waals surface area contributed by atoms with E-state index < -0.39 is 0 Å². The molecule has 1 amide bonds. The third-order valence-corrected chi connectivity index (χ3v) is 3.10. The number of hydrogen-bond acceptors (Lipinski definition) is 1. The van der Waals surface area contributed by atoms with Crippen molar-refractivity contribution in [2.75, 3.05) is 5.32 Å². The summed E-state index contributed by atoms with van der Waals surface area (Å²) in [5.74, 6) is -0.319. The van der Waals surface area contributed by atoms with Crippen molar-refractivity contribution in [1.29, 1.82) is 0 Å². The monoisotopic (exact) mass is 233 g/mol.